The van der Waals surface area contributed by atoms with Crippen LogP contribution in [0.4, 0.5) is 0 Å². The van der Waals surface area contributed by atoms with Crippen molar-refractivity contribution in [2.24, 2.45) is 11.8 Å². The van der Waals surface area contributed by atoms with Gasteiger partial charge in [-0.1, -0.05) is 54.6 Å². The summed E-state index contributed by atoms with van der Waals surface area (Å²) in [7, 11) is 0. The van der Waals surface area contributed by atoms with Gasteiger partial charge in [-0.25, -0.2) is 0 Å². The van der Waals surface area contributed by atoms with Crippen molar-refractivity contribution in [3.8, 4) is 0 Å². The molecular formula is C23H16O3. The van der Waals surface area contributed by atoms with E-state index in [4.69, 9.17) is 4.74 Å². The van der Waals surface area contributed by atoms with E-state index in [-0.39, 0.29) is 23.8 Å². The van der Waals surface area contributed by atoms with E-state index < -0.39 is 11.8 Å². The van der Waals surface area contributed by atoms with Crippen LogP contribution in [0.2, 0.25) is 0 Å². The van der Waals surface area contributed by atoms with E-state index in [0.29, 0.717) is 0 Å². The molecule has 0 spiro atoms. The molecule has 0 radical (unpaired) electrons. The second-order valence-electron chi connectivity index (χ2n) is 7.61. The Balaban J connectivity index is 1.78. The summed E-state index contributed by atoms with van der Waals surface area (Å²) < 4.78 is 5.13. The second-order valence-corrected chi connectivity index (χ2v) is 7.61. The minimum Gasteiger partial charge on any atom is -0.393 e. The van der Waals surface area contributed by atoms with Crippen LogP contribution in [0, 0.1) is 18.8 Å². The first-order valence-corrected chi connectivity index (χ1v) is 9.03. The number of aryl methyl sites for hydroxylation is 1. The van der Waals surface area contributed by atoms with Crippen molar-refractivity contribution >= 4 is 22.7 Å². The second kappa shape index (κ2) is 4.61. The molecule has 3 aromatic rings. The molecule has 4 unspecified atom stereocenters. The first-order chi connectivity index (χ1) is 12.7. The normalized spacial score (nSPS) is 27.9. The van der Waals surface area contributed by atoms with Crippen LogP contribution in [0.1, 0.15) is 39.7 Å². The third kappa shape index (κ3) is 1.50. The van der Waals surface area contributed by atoms with E-state index in [9.17, 15) is 9.59 Å². The fourth-order valence-corrected chi connectivity index (χ4v) is 5.60. The van der Waals surface area contributed by atoms with Crippen LogP contribution in [0.15, 0.2) is 54.6 Å². The molecule has 0 N–H and O–H groups in total. The van der Waals surface area contributed by atoms with Gasteiger partial charge in [-0.15, -0.1) is 0 Å². The average molecular weight is 340 g/mol. The summed E-state index contributed by atoms with van der Waals surface area (Å²) in [5.74, 6) is -1.72. The molecule has 3 aliphatic carbocycles. The van der Waals surface area contributed by atoms with E-state index in [1.807, 2.05) is 18.2 Å². The van der Waals surface area contributed by atoms with Gasteiger partial charge in [0, 0.05) is 11.8 Å². The van der Waals surface area contributed by atoms with Crippen molar-refractivity contribution in [2.75, 3.05) is 0 Å². The lowest BCUT2D eigenvalue weighted by Crippen LogP contribution is -2.42. The van der Waals surface area contributed by atoms with Gasteiger partial charge in [0.2, 0.25) is 0 Å². The van der Waals surface area contributed by atoms with Crippen molar-refractivity contribution in [3.05, 3.63) is 82.4 Å². The molecule has 126 valence electrons. The topological polar surface area (TPSA) is 43.4 Å². The number of hydrogen-bond donors (Lipinski definition) is 0. The molecule has 0 aromatic heterocycles. The van der Waals surface area contributed by atoms with E-state index in [1.54, 1.807) is 0 Å². The predicted octanol–water partition coefficient (Wildman–Crippen LogP) is 4.05. The minimum atomic E-state index is -0.403. The van der Waals surface area contributed by atoms with E-state index in [1.165, 1.54) is 38.6 Å². The Labute approximate surface area is 150 Å². The molecule has 0 amide bonds. The fraction of sp³-hybridized carbons (Fsp3) is 0.217. The number of carbonyl (C=O) groups is 2. The lowest BCUT2D eigenvalue weighted by molar-refractivity contribution is -0.153. The maximum atomic E-state index is 12.6. The highest BCUT2D eigenvalue weighted by molar-refractivity contribution is 6.01. The number of fused-ring (bicyclic) bond motifs is 1. The molecule has 1 heterocycles. The van der Waals surface area contributed by atoms with Crippen LogP contribution in [-0.4, -0.2) is 11.9 Å². The van der Waals surface area contributed by atoms with Gasteiger partial charge in [0.05, 0.1) is 11.8 Å². The smallest absolute Gasteiger partial charge is 0.318 e. The fourth-order valence-electron chi connectivity index (χ4n) is 5.60. The number of rotatable bonds is 0. The van der Waals surface area contributed by atoms with Gasteiger partial charge in [-0.05, 0) is 45.5 Å². The van der Waals surface area contributed by atoms with Crippen LogP contribution in [0.25, 0.3) is 10.8 Å². The third-order valence-corrected chi connectivity index (χ3v) is 6.51. The first-order valence-electron chi connectivity index (χ1n) is 9.03. The van der Waals surface area contributed by atoms with E-state index >= 15 is 0 Å². The highest BCUT2D eigenvalue weighted by atomic mass is 16.6. The zero-order valence-electron chi connectivity index (χ0n) is 14.2. The highest BCUT2D eigenvalue weighted by Crippen LogP contribution is 2.62. The summed E-state index contributed by atoms with van der Waals surface area (Å²) in [4.78, 5) is 25.2. The van der Waals surface area contributed by atoms with Crippen molar-refractivity contribution < 1.29 is 14.3 Å². The molecule has 1 fully saturated rings. The average Bonchev–Trinajstić information content (AvgIpc) is 2.96. The highest BCUT2D eigenvalue weighted by Gasteiger charge is 2.61. The lowest BCUT2D eigenvalue weighted by atomic mass is 9.53. The van der Waals surface area contributed by atoms with Gasteiger partial charge in [-0.3, -0.25) is 9.59 Å². The summed E-state index contributed by atoms with van der Waals surface area (Å²) in [5.41, 5.74) is 5.98. The Morgan fingerprint density at radius 1 is 0.731 bits per heavy atom. The van der Waals surface area contributed by atoms with Gasteiger partial charge < -0.3 is 4.74 Å². The Kier molecular flexibility index (Phi) is 2.53. The molecule has 7 rings (SSSR count). The summed E-state index contributed by atoms with van der Waals surface area (Å²) in [6.45, 7) is 2.10. The zero-order valence-corrected chi connectivity index (χ0v) is 14.2. The lowest BCUT2D eigenvalue weighted by Gasteiger charge is -2.46. The van der Waals surface area contributed by atoms with Gasteiger partial charge in [0.1, 0.15) is 0 Å². The van der Waals surface area contributed by atoms with Crippen molar-refractivity contribution in [3.63, 3.8) is 0 Å². The minimum absolute atomic E-state index is 0.0987. The van der Waals surface area contributed by atoms with Gasteiger partial charge >= 0.3 is 11.9 Å². The summed E-state index contributed by atoms with van der Waals surface area (Å²) in [6.07, 6.45) is 0. The molecule has 4 aliphatic rings. The van der Waals surface area contributed by atoms with Crippen molar-refractivity contribution in [1.82, 2.24) is 0 Å². The molecule has 1 saturated heterocycles. The van der Waals surface area contributed by atoms with Crippen molar-refractivity contribution in [2.45, 2.75) is 18.8 Å². The molecule has 4 atom stereocenters. The molecular weight excluding hydrogens is 324 g/mol. The molecule has 1 aliphatic heterocycles. The molecule has 2 bridgehead atoms. The predicted molar refractivity (Wildman–Crippen MR) is 96.9 cm³/mol. The molecule has 26 heavy (non-hydrogen) atoms. The monoisotopic (exact) mass is 340 g/mol. The van der Waals surface area contributed by atoms with Gasteiger partial charge in [0.25, 0.3) is 0 Å². The molecule has 0 saturated carbocycles. The van der Waals surface area contributed by atoms with E-state index in [0.717, 1.165) is 0 Å². The van der Waals surface area contributed by atoms with Crippen LogP contribution in [-0.2, 0) is 14.3 Å². The summed E-state index contributed by atoms with van der Waals surface area (Å²) >= 11 is 0. The maximum absolute atomic E-state index is 12.6. The first kappa shape index (κ1) is 14.3. The number of hydrogen-bond acceptors (Lipinski definition) is 3. The van der Waals surface area contributed by atoms with Crippen LogP contribution < -0.4 is 0 Å². The number of esters is 2. The largest absolute Gasteiger partial charge is 0.393 e. The number of carbonyl (C=O) groups excluding carboxylic acids is 2. The number of ether oxygens (including phenoxy) is 1. The van der Waals surface area contributed by atoms with E-state index in [2.05, 4.69) is 43.3 Å². The Morgan fingerprint density at radius 2 is 1.46 bits per heavy atom. The van der Waals surface area contributed by atoms with Crippen LogP contribution in [0.5, 0.6) is 0 Å². The standard InChI is InChI=1S/C23H16O3/c1-11-5-4-8-14-16(11)19-17-13-7-3-2-6-12(13)9-10-15(17)18(14)20-21(19)23(25)26-22(20)24/h2-10,18-21H,1H3. The molecule has 3 heteroatoms. The van der Waals surface area contributed by atoms with Gasteiger partial charge in [-0.2, -0.15) is 0 Å². The summed E-state index contributed by atoms with van der Waals surface area (Å²) in [6, 6.07) is 18.8. The summed E-state index contributed by atoms with van der Waals surface area (Å²) in [5, 5.41) is 2.35. The maximum Gasteiger partial charge on any atom is 0.318 e. The van der Waals surface area contributed by atoms with Crippen LogP contribution in [0.3, 0.4) is 0 Å². The Bertz CT molecular complexity index is 1140. The number of benzene rings is 3. The zero-order chi connectivity index (χ0) is 17.6. The SMILES string of the molecule is Cc1cccc2c1C1c3c(ccc4ccccc34)C2C2C(=O)OC(=O)C12. The Morgan fingerprint density at radius 3 is 2.31 bits per heavy atom. The van der Waals surface area contributed by atoms with Crippen molar-refractivity contribution in [1.29, 1.82) is 0 Å². The molecule has 3 nitrogen and oxygen atoms in total. The van der Waals surface area contributed by atoms with Gasteiger partial charge in [0.15, 0.2) is 0 Å². The quantitative estimate of drug-likeness (QED) is 0.458. The third-order valence-electron chi connectivity index (χ3n) is 6.51. The van der Waals surface area contributed by atoms with Crippen LogP contribution >= 0.6 is 0 Å². The number of cyclic esters (lactones) is 2. The molecule has 3 aromatic carbocycles. The Hall–Kier alpha value is -2.94.